The SMILES string of the molecule is C[n+]1c(/C=C/c2ccc3cccc(O)c3n2)ccc2cccc(O)c21.[Cl-]. The number of rotatable bonds is 2. The second kappa shape index (κ2) is 7.02. The molecule has 4 nitrogen and oxygen atoms in total. The van der Waals surface area contributed by atoms with E-state index in [1.807, 2.05) is 66.2 Å². The van der Waals surface area contributed by atoms with Gasteiger partial charge in [0.05, 0.1) is 11.1 Å². The fourth-order valence-corrected chi connectivity index (χ4v) is 3.04. The van der Waals surface area contributed by atoms with Crippen molar-refractivity contribution in [2.45, 2.75) is 0 Å². The van der Waals surface area contributed by atoms with Gasteiger partial charge < -0.3 is 22.6 Å². The van der Waals surface area contributed by atoms with Gasteiger partial charge in [-0.3, -0.25) is 0 Å². The number of hydrogen-bond donors (Lipinski definition) is 2. The number of phenols is 2. The monoisotopic (exact) mass is 364 g/mol. The third-order valence-corrected chi connectivity index (χ3v) is 4.35. The fourth-order valence-electron chi connectivity index (χ4n) is 3.04. The highest BCUT2D eigenvalue weighted by molar-refractivity contribution is 5.86. The van der Waals surface area contributed by atoms with Gasteiger partial charge in [0.2, 0.25) is 5.69 Å². The van der Waals surface area contributed by atoms with E-state index in [-0.39, 0.29) is 23.9 Å². The van der Waals surface area contributed by atoms with E-state index in [9.17, 15) is 10.2 Å². The number of fused-ring (bicyclic) bond motifs is 2. The summed E-state index contributed by atoms with van der Waals surface area (Å²) < 4.78 is 1.94. The van der Waals surface area contributed by atoms with Crippen molar-refractivity contribution in [1.29, 1.82) is 0 Å². The summed E-state index contributed by atoms with van der Waals surface area (Å²) in [6.45, 7) is 0. The Labute approximate surface area is 157 Å². The summed E-state index contributed by atoms with van der Waals surface area (Å²) in [5, 5.41) is 22.0. The number of benzene rings is 2. The predicted octanol–water partition coefficient (Wildman–Crippen LogP) is 0.798. The Balaban J connectivity index is 0.00000196. The van der Waals surface area contributed by atoms with Crippen LogP contribution in [-0.4, -0.2) is 15.2 Å². The van der Waals surface area contributed by atoms with Crippen LogP contribution in [0.25, 0.3) is 34.0 Å². The van der Waals surface area contributed by atoms with Crippen molar-refractivity contribution in [3.63, 3.8) is 0 Å². The van der Waals surface area contributed by atoms with E-state index in [0.717, 1.165) is 27.7 Å². The van der Waals surface area contributed by atoms with Crippen LogP contribution in [0, 0.1) is 0 Å². The molecule has 0 bridgehead atoms. The molecule has 0 spiro atoms. The fraction of sp³-hybridized carbons (Fsp3) is 0.0476. The lowest BCUT2D eigenvalue weighted by molar-refractivity contribution is -0.646. The summed E-state index contributed by atoms with van der Waals surface area (Å²) in [7, 11) is 1.92. The molecule has 2 aromatic heterocycles. The van der Waals surface area contributed by atoms with Gasteiger partial charge in [0, 0.05) is 17.5 Å². The average molecular weight is 365 g/mol. The molecule has 2 N–H and O–H groups in total. The van der Waals surface area contributed by atoms with Crippen molar-refractivity contribution in [3.05, 3.63) is 72.1 Å². The largest absolute Gasteiger partial charge is 1.00 e. The number of hydrogen-bond acceptors (Lipinski definition) is 3. The number of pyridine rings is 2. The van der Waals surface area contributed by atoms with E-state index in [4.69, 9.17) is 0 Å². The summed E-state index contributed by atoms with van der Waals surface area (Å²) in [6.07, 6.45) is 3.84. The second-order valence-electron chi connectivity index (χ2n) is 5.95. The number of para-hydroxylation sites is 2. The molecular weight excluding hydrogens is 348 g/mol. The van der Waals surface area contributed by atoms with Crippen molar-refractivity contribution < 1.29 is 27.2 Å². The number of aromatic nitrogens is 2. The highest BCUT2D eigenvalue weighted by atomic mass is 35.5. The van der Waals surface area contributed by atoms with Crippen molar-refractivity contribution in [1.82, 2.24) is 4.98 Å². The summed E-state index contributed by atoms with van der Waals surface area (Å²) in [5.41, 5.74) is 3.07. The first-order valence-electron chi connectivity index (χ1n) is 8.01. The minimum atomic E-state index is 0. The zero-order valence-corrected chi connectivity index (χ0v) is 14.9. The van der Waals surface area contributed by atoms with Gasteiger partial charge in [0.1, 0.15) is 18.3 Å². The molecule has 0 fully saturated rings. The third-order valence-electron chi connectivity index (χ3n) is 4.35. The molecule has 0 saturated carbocycles. The van der Waals surface area contributed by atoms with Crippen molar-refractivity contribution >= 4 is 34.0 Å². The molecule has 4 aromatic rings. The highest BCUT2D eigenvalue weighted by Crippen LogP contribution is 2.23. The maximum Gasteiger partial charge on any atom is 0.254 e. The molecule has 0 atom stereocenters. The smallest absolute Gasteiger partial charge is 0.254 e. The molecule has 0 amide bonds. The Morgan fingerprint density at radius 1 is 0.808 bits per heavy atom. The normalized spacial score (nSPS) is 11.1. The van der Waals surface area contributed by atoms with E-state index in [1.54, 1.807) is 18.2 Å². The molecule has 0 saturated heterocycles. The molecule has 130 valence electrons. The molecule has 0 aliphatic heterocycles. The standard InChI is InChI=1S/C21H16N2O2.ClH/c1-23-17(12-9-15-5-3-7-19(25)21(15)23)13-11-16-10-8-14-4-2-6-18(24)20(14)22-16;/h2-13,25H,1H3;1H. The molecule has 5 heteroatoms. The van der Waals surface area contributed by atoms with E-state index in [0.29, 0.717) is 5.52 Å². The van der Waals surface area contributed by atoms with Crippen LogP contribution in [0.2, 0.25) is 0 Å². The van der Waals surface area contributed by atoms with Crippen LogP contribution in [-0.2, 0) is 7.05 Å². The molecule has 2 heterocycles. The van der Waals surface area contributed by atoms with Crippen LogP contribution in [0.15, 0.2) is 60.7 Å². The first-order valence-corrected chi connectivity index (χ1v) is 8.01. The van der Waals surface area contributed by atoms with Gasteiger partial charge in [-0.15, -0.1) is 0 Å². The van der Waals surface area contributed by atoms with E-state index >= 15 is 0 Å². The Hall–Kier alpha value is -3.11. The lowest BCUT2D eigenvalue weighted by atomic mass is 10.1. The number of nitrogens with zero attached hydrogens (tertiary/aromatic N) is 2. The van der Waals surface area contributed by atoms with Crippen molar-refractivity contribution in [3.8, 4) is 11.5 Å². The average Bonchev–Trinajstić information content (AvgIpc) is 2.62. The molecular formula is C21H17ClN2O2. The molecule has 26 heavy (non-hydrogen) atoms. The highest BCUT2D eigenvalue weighted by Gasteiger charge is 2.13. The minimum absolute atomic E-state index is 0. The molecule has 0 aliphatic rings. The molecule has 0 unspecified atom stereocenters. The first-order chi connectivity index (χ1) is 12.1. The van der Waals surface area contributed by atoms with Crippen LogP contribution in [0.3, 0.4) is 0 Å². The maximum absolute atomic E-state index is 10.1. The van der Waals surface area contributed by atoms with E-state index in [2.05, 4.69) is 4.98 Å². The zero-order valence-electron chi connectivity index (χ0n) is 14.1. The Morgan fingerprint density at radius 2 is 1.50 bits per heavy atom. The Bertz CT molecular complexity index is 1140. The predicted molar refractivity (Wildman–Crippen MR) is 99.1 cm³/mol. The molecule has 4 rings (SSSR count). The van der Waals surface area contributed by atoms with Crippen molar-refractivity contribution in [2.75, 3.05) is 0 Å². The number of phenolic OH excluding ortho intramolecular Hbond substituents is 2. The van der Waals surface area contributed by atoms with Crippen LogP contribution in [0.1, 0.15) is 11.4 Å². The van der Waals surface area contributed by atoms with Crippen LogP contribution in [0.5, 0.6) is 11.5 Å². The molecule has 0 aliphatic carbocycles. The van der Waals surface area contributed by atoms with Gasteiger partial charge in [-0.1, -0.05) is 24.3 Å². The summed E-state index contributed by atoms with van der Waals surface area (Å²) in [5.74, 6) is 0.429. The van der Waals surface area contributed by atoms with E-state index < -0.39 is 0 Å². The minimum Gasteiger partial charge on any atom is -1.00 e. The summed E-state index contributed by atoms with van der Waals surface area (Å²) in [6, 6.07) is 18.7. The number of aryl methyl sites for hydroxylation is 1. The second-order valence-corrected chi connectivity index (χ2v) is 5.95. The first kappa shape index (κ1) is 17.7. The summed E-state index contributed by atoms with van der Waals surface area (Å²) in [4.78, 5) is 4.50. The lowest BCUT2D eigenvalue weighted by Gasteiger charge is -2.03. The number of halogens is 1. The van der Waals surface area contributed by atoms with E-state index in [1.165, 1.54) is 0 Å². The Kier molecular flexibility index (Phi) is 4.78. The zero-order chi connectivity index (χ0) is 17.4. The maximum atomic E-state index is 10.1. The number of aromatic hydroxyl groups is 2. The van der Waals surface area contributed by atoms with Crippen LogP contribution >= 0.6 is 0 Å². The van der Waals surface area contributed by atoms with Crippen LogP contribution < -0.4 is 17.0 Å². The molecule has 0 radical (unpaired) electrons. The van der Waals surface area contributed by atoms with Gasteiger partial charge in [-0.05, 0) is 36.4 Å². The van der Waals surface area contributed by atoms with Gasteiger partial charge >= 0.3 is 0 Å². The van der Waals surface area contributed by atoms with Gasteiger partial charge in [-0.2, -0.15) is 4.57 Å². The molecule has 2 aromatic carbocycles. The Morgan fingerprint density at radius 3 is 2.31 bits per heavy atom. The quantitative estimate of drug-likeness (QED) is 0.517. The lowest BCUT2D eigenvalue weighted by Crippen LogP contribution is -3.00. The van der Waals surface area contributed by atoms with Crippen molar-refractivity contribution in [2.24, 2.45) is 7.05 Å². The van der Waals surface area contributed by atoms with Gasteiger partial charge in [-0.25, -0.2) is 4.98 Å². The van der Waals surface area contributed by atoms with Gasteiger partial charge in [0.25, 0.3) is 5.52 Å². The topological polar surface area (TPSA) is 57.2 Å². The third kappa shape index (κ3) is 3.07. The van der Waals surface area contributed by atoms with Crippen LogP contribution in [0.4, 0.5) is 0 Å². The summed E-state index contributed by atoms with van der Waals surface area (Å²) >= 11 is 0. The van der Waals surface area contributed by atoms with Gasteiger partial charge in [0.15, 0.2) is 5.75 Å².